The SMILES string of the molecule is [2H]c1c([2H])c([2H])c(N(c2ccccc2)c2ccc3c(c2)N(c2ccc(-c4cccc5c4oc4ccccc45)cc2)c2cc(C(C)(C)C)cc4c2B3c2cc(-c3ccccc3)ccc2N4c2ccc(-c3ccccc3)c3c2C(C)(C)c2ccccc2-3)c([2H])c1[2H]. The number of anilines is 9. The molecule has 0 atom stereocenters. The van der Waals surface area contributed by atoms with Crippen LogP contribution in [-0.4, -0.2) is 6.71 Å². The lowest BCUT2D eigenvalue weighted by molar-refractivity contribution is 0.590. The Morgan fingerprint density at radius 2 is 1.08 bits per heavy atom. The van der Waals surface area contributed by atoms with Crippen LogP contribution < -0.4 is 31.1 Å². The third kappa shape index (κ3) is 7.68. The van der Waals surface area contributed by atoms with Crippen LogP contribution in [0.15, 0.2) is 277 Å². The lowest BCUT2D eigenvalue weighted by atomic mass is 9.33. The van der Waals surface area contributed by atoms with Crippen molar-refractivity contribution in [2.45, 2.75) is 45.4 Å². The molecule has 3 aliphatic rings. The number of fused-ring (bicyclic) bond motifs is 10. The largest absolute Gasteiger partial charge is 0.455 e. The molecule has 5 heteroatoms. The number of nitrogens with zero attached hydrogens (tertiary/aromatic N) is 3. The average molecular weight is 1080 g/mol. The zero-order valence-corrected chi connectivity index (χ0v) is 47.4. The van der Waals surface area contributed by atoms with Gasteiger partial charge < -0.3 is 19.1 Å². The average Bonchev–Trinajstić information content (AvgIpc) is 1.73. The summed E-state index contributed by atoms with van der Waals surface area (Å²) in [6.07, 6.45) is 0. The zero-order valence-electron chi connectivity index (χ0n) is 52.4. The molecule has 16 rings (SSSR count). The van der Waals surface area contributed by atoms with E-state index in [0.717, 1.165) is 100 Å². The van der Waals surface area contributed by atoms with Crippen molar-refractivity contribution >= 4 is 96.2 Å². The van der Waals surface area contributed by atoms with Gasteiger partial charge in [0.15, 0.2) is 0 Å². The first-order valence-corrected chi connectivity index (χ1v) is 29.0. The van der Waals surface area contributed by atoms with Crippen molar-refractivity contribution in [1.82, 2.24) is 0 Å². The Kier molecular flexibility index (Phi) is 10.1. The summed E-state index contributed by atoms with van der Waals surface area (Å²) >= 11 is 0. The normalized spacial score (nSPS) is 14.4. The predicted molar refractivity (Wildman–Crippen MR) is 355 cm³/mol. The van der Waals surface area contributed by atoms with E-state index in [1.54, 1.807) is 0 Å². The molecule has 0 spiro atoms. The van der Waals surface area contributed by atoms with Gasteiger partial charge >= 0.3 is 0 Å². The summed E-state index contributed by atoms with van der Waals surface area (Å²) in [5.41, 5.74) is 24.6. The van der Waals surface area contributed by atoms with E-state index in [-0.39, 0.29) is 29.9 Å². The van der Waals surface area contributed by atoms with Crippen molar-refractivity contribution < 1.29 is 11.3 Å². The van der Waals surface area contributed by atoms with Gasteiger partial charge in [0.1, 0.15) is 11.2 Å². The van der Waals surface area contributed by atoms with E-state index in [2.05, 4.69) is 245 Å². The molecular weight excluding hydrogens is 1020 g/mol. The number of hydrogen-bond acceptors (Lipinski definition) is 4. The third-order valence-electron chi connectivity index (χ3n) is 17.9. The summed E-state index contributed by atoms with van der Waals surface area (Å²) in [6.45, 7) is 11.4. The molecule has 400 valence electrons. The minimum absolute atomic E-state index is 0.0633. The fourth-order valence-electron chi connectivity index (χ4n) is 13.9. The Balaban J connectivity index is 1.00. The summed E-state index contributed by atoms with van der Waals surface area (Å²) in [5.74, 6) is 0. The van der Waals surface area contributed by atoms with Crippen molar-refractivity contribution in [3.05, 3.63) is 290 Å². The minimum Gasteiger partial charge on any atom is -0.455 e. The maximum absolute atomic E-state index is 9.46. The highest BCUT2D eigenvalue weighted by Crippen LogP contribution is 2.58. The van der Waals surface area contributed by atoms with Crippen LogP contribution in [0.2, 0.25) is 0 Å². The molecular formula is C79H60BN3O. The number of furan rings is 1. The van der Waals surface area contributed by atoms with Crippen molar-refractivity contribution in [1.29, 1.82) is 0 Å². The molecule has 4 nitrogen and oxygen atoms in total. The van der Waals surface area contributed by atoms with Gasteiger partial charge in [0.25, 0.3) is 6.71 Å². The fourth-order valence-corrected chi connectivity index (χ4v) is 13.9. The molecule has 0 unspecified atom stereocenters. The Bertz CT molecular complexity index is 5030. The van der Waals surface area contributed by atoms with E-state index in [1.807, 2.05) is 47.4 Å². The van der Waals surface area contributed by atoms with Gasteiger partial charge in [-0.2, -0.15) is 0 Å². The minimum atomic E-state index is -0.444. The Hall–Kier alpha value is -10.1. The first-order valence-electron chi connectivity index (χ1n) is 31.5. The predicted octanol–water partition coefficient (Wildman–Crippen LogP) is 19.7. The van der Waals surface area contributed by atoms with Crippen LogP contribution in [-0.2, 0) is 10.8 Å². The molecule has 3 heterocycles. The molecule has 0 amide bonds. The van der Waals surface area contributed by atoms with Gasteiger partial charge in [-0.1, -0.05) is 229 Å². The fraction of sp³-hybridized carbons (Fsp3) is 0.0886. The summed E-state index contributed by atoms with van der Waals surface area (Å²) < 4.78 is 52.1. The van der Waals surface area contributed by atoms with Crippen LogP contribution in [0.4, 0.5) is 51.2 Å². The van der Waals surface area contributed by atoms with Crippen LogP contribution in [0, 0.1) is 0 Å². The first-order chi connectivity index (χ1) is 43.2. The highest BCUT2D eigenvalue weighted by Gasteiger charge is 2.47. The van der Waals surface area contributed by atoms with Crippen LogP contribution in [0.25, 0.3) is 66.4 Å². The Morgan fingerprint density at radius 1 is 0.452 bits per heavy atom. The molecule has 84 heavy (non-hydrogen) atoms. The summed E-state index contributed by atoms with van der Waals surface area (Å²) in [5, 5.41) is 2.14. The molecule has 0 saturated heterocycles. The van der Waals surface area contributed by atoms with E-state index in [1.165, 1.54) is 33.4 Å². The molecule has 12 aromatic carbocycles. The second-order valence-corrected chi connectivity index (χ2v) is 24.1. The van der Waals surface area contributed by atoms with Gasteiger partial charge in [0.05, 0.1) is 12.5 Å². The lowest BCUT2D eigenvalue weighted by Gasteiger charge is -2.46. The monoisotopic (exact) mass is 1080 g/mol. The van der Waals surface area contributed by atoms with E-state index in [0.29, 0.717) is 11.4 Å². The van der Waals surface area contributed by atoms with Crippen LogP contribution >= 0.6 is 0 Å². The van der Waals surface area contributed by atoms with Gasteiger partial charge in [-0.15, -0.1) is 0 Å². The van der Waals surface area contributed by atoms with Gasteiger partial charge in [-0.05, 0) is 156 Å². The molecule has 1 aliphatic carbocycles. The van der Waals surface area contributed by atoms with Gasteiger partial charge in [0.2, 0.25) is 0 Å². The maximum Gasteiger partial charge on any atom is 0.252 e. The number of hydrogen-bond donors (Lipinski definition) is 0. The molecule has 13 aromatic rings. The molecule has 0 radical (unpaired) electrons. The zero-order chi connectivity index (χ0) is 60.8. The Labute approximate surface area is 499 Å². The van der Waals surface area contributed by atoms with E-state index in [9.17, 15) is 2.74 Å². The second-order valence-electron chi connectivity index (χ2n) is 24.1. The third-order valence-corrected chi connectivity index (χ3v) is 17.9. The van der Waals surface area contributed by atoms with E-state index in [4.69, 9.17) is 8.53 Å². The summed E-state index contributed by atoms with van der Waals surface area (Å²) in [6, 6.07) is 84.6. The number of benzene rings is 12. The number of rotatable bonds is 8. The topological polar surface area (TPSA) is 22.9 Å². The molecule has 1 aromatic heterocycles. The van der Waals surface area contributed by atoms with Crippen molar-refractivity contribution in [3.8, 4) is 44.5 Å². The first kappa shape index (κ1) is 44.5. The van der Waals surface area contributed by atoms with Crippen LogP contribution in [0.1, 0.15) is 58.2 Å². The maximum atomic E-state index is 9.46. The van der Waals surface area contributed by atoms with Crippen LogP contribution in [0.3, 0.4) is 0 Å². The number of para-hydroxylation sites is 4. The van der Waals surface area contributed by atoms with Crippen molar-refractivity contribution in [2.24, 2.45) is 0 Å². The highest BCUT2D eigenvalue weighted by atomic mass is 16.3. The molecule has 0 saturated carbocycles. The van der Waals surface area contributed by atoms with Gasteiger partial charge in [0, 0.05) is 67.2 Å². The quantitative estimate of drug-likeness (QED) is 0.141. The molecule has 0 fully saturated rings. The van der Waals surface area contributed by atoms with Gasteiger partial charge in [-0.3, -0.25) is 0 Å². The molecule has 0 bridgehead atoms. The van der Waals surface area contributed by atoms with Crippen molar-refractivity contribution in [2.75, 3.05) is 14.7 Å². The van der Waals surface area contributed by atoms with Crippen LogP contribution in [0.5, 0.6) is 0 Å². The summed E-state index contributed by atoms with van der Waals surface area (Å²) in [4.78, 5) is 6.82. The highest BCUT2D eigenvalue weighted by molar-refractivity contribution is 7.00. The smallest absolute Gasteiger partial charge is 0.252 e. The second kappa shape index (κ2) is 19.0. The molecule has 0 N–H and O–H groups in total. The van der Waals surface area contributed by atoms with E-state index >= 15 is 0 Å². The Morgan fingerprint density at radius 3 is 1.85 bits per heavy atom. The standard InChI is InChI=1S/C79H60BN3O/c1-78(2,3)55-48-71-76-72(49-55)83(69-46-43-60(52-25-12-7-13-26-52)74-64-32-18-20-35-65(64)79(4,5)75(69)74)68-45-39-54(51-23-10-6-11-24-51)47-67(68)80(76)66-44-42-59(81(56-27-14-8-15-28-56)57-29-16-9-17-30-57)50-70(66)82(71)58-40-37-53(38-41-58)61-33-22-34-63-62-31-19-21-36-73(62)84-77(61)63/h6-50H,1-5H3/i8D,14D,15D,27D,28D. The lowest BCUT2D eigenvalue weighted by Crippen LogP contribution is -2.61. The van der Waals surface area contributed by atoms with E-state index < -0.39 is 23.5 Å². The van der Waals surface area contributed by atoms with Crippen molar-refractivity contribution in [3.63, 3.8) is 0 Å². The summed E-state index contributed by atoms with van der Waals surface area (Å²) in [7, 11) is 0. The molecule has 2 aliphatic heterocycles. The van der Waals surface area contributed by atoms with Gasteiger partial charge in [-0.25, -0.2) is 0 Å².